The van der Waals surface area contributed by atoms with Gasteiger partial charge in [0.2, 0.25) is 0 Å². The Kier molecular flexibility index (Phi) is 5.24. The summed E-state index contributed by atoms with van der Waals surface area (Å²) < 4.78 is 6.12. The zero-order valence-electron chi connectivity index (χ0n) is 20.5. The van der Waals surface area contributed by atoms with Gasteiger partial charge in [0.05, 0.1) is 29.8 Å². The van der Waals surface area contributed by atoms with E-state index in [2.05, 4.69) is 56.7 Å². The number of oxazole rings is 1. The lowest BCUT2D eigenvalue weighted by atomic mass is 9.99. The second kappa shape index (κ2) is 8.75. The first-order valence-corrected chi connectivity index (χ1v) is 13.1. The maximum absolute atomic E-state index is 6.12. The second-order valence-corrected chi connectivity index (χ2v) is 10.1. The van der Waals surface area contributed by atoms with Gasteiger partial charge in [0.15, 0.2) is 11.5 Å². The number of H-pyrrole nitrogens is 2. The lowest BCUT2D eigenvalue weighted by Crippen LogP contribution is -2.14. The molecule has 3 aromatic heterocycles. The van der Waals surface area contributed by atoms with Crippen LogP contribution in [0, 0.1) is 6.92 Å². The summed E-state index contributed by atoms with van der Waals surface area (Å²) in [5.41, 5.74) is 8.02. The molecular weight excluding hydrogens is 448 g/mol. The number of imidazole rings is 2. The van der Waals surface area contributed by atoms with E-state index in [0.717, 1.165) is 69.4 Å². The standard InChI is InChI=1S/C29H30N6O/c1-17-33-26-21(12-13-22(27(26)36-17)25-16-31-28(35-25)20-5-2-3-6-20)18-8-10-19(11-9-18)24-15-32-29(34-24)23-7-4-14-30-23/h8-13,15-16,20,23,30H,2-7,14H2,1H3,(H,31,35)(H,32,34)/t23-/m0/s1. The average Bonchev–Trinajstić information content (AvgIpc) is 3.73. The third kappa shape index (κ3) is 3.75. The maximum atomic E-state index is 6.12. The predicted molar refractivity (Wildman–Crippen MR) is 141 cm³/mol. The number of aromatic amines is 2. The Hall–Kier alpha value is -3.71. The summed E-state index contributed by atoms with van der Waals surface area (Å²) >= 11 is 0. The molecule has 0 radical (unpaired) electrons. The molecule has 1 atom stereocenters. The fraction of sp³-hybridized carbons (Fsp3) is 0.345. The first-order valence-electron chi connectivity index (χ1n) is 13.1. The SMILES string of the molecule is Cc1nc2c(-c3ccc(-c4cnc([C@@H]5CCCN5)[nH]4)cc3)ccc(-c3cnc(C4CCCC4)[nH]3)c2o1. The second-order valence-electron chi connectivity index (χ2n) is 10.1. The van der Waals surface area contributed by atoms with Crippen LogP contribution in [0.4, 0.5) is 0 Å². The van der Waals surface area contributed by atoms with Crippen molar-refractivity contribution >= 4 is 11.1 Å². The highest BCUT2D eigenvalue weighted by atomic mass is 16.3. The topological polar surface area (TPSA) is 95.4 Å². The number of nitrogens with one attached hydrogen (secondary N) is 3. The Morgan fingerprint density at radius 3 is 2.31 bits per heavy atom. The Morgan fingerprint density at radius 1 is 0.778 bits per heavy atom. The van der Waals surface area contributed by atoms with E-state index in [1.54, 1.807) is 0 Å². The summed E-state index contributed by atoms with van der Waals surface area (Å²) in [5.74, 6) is 3.33. The minimum atomic E-state index is 0.337. The van der Waals surface area contributed by atoms with Gasteiger partial charge in [0.1, 0.15) is 17.2 Å². The molecule has 7 heteroatoms. The van der Waals surface area contributed by atoms with Crippen molar-refractivity contribution in [3.63, 3.8) is 0 Å². The third-order valence-electron chi connectivity index (χ3n) is 7.77. The van der Waals surface area contributed by atoms with Gasteiger partial charge in [-0.3, -0.25) is 0 Å². The largest absolute Gasteiger partial charge is 0.440 e. The number of hydrogen-bond donors (Lipinski definition) is 3. The molecule has 0 amide bonds. The van der Waals surface area contributed by atoms with Gasteiger partial charge in [0.25, 0.3) is 0 Å². The molecule has 2 aromatic carbocycles. The fourth-order valence-electron chi connectivity index (χ4n) is 5.85. The smallest absolute Gasteiger partial charge is 0.192 e. The van der Waals surface area contributed by atoms with Crippen molar-refractivity contribution in [1.82, 2.24) is 30.2 Å². The minimum absolute atomic E-state index is 0.337. The van der Waals surface area contributed by atoms with Crippen molar-refractivity contribution in [1.29, 1.82) is 0 Å². The van der Waals surface area contributed by atoms with Gasteiger partial charge in [-0.05, 0) is 49.4 Å². The number of fused-ring (bicyclic) bond motifs is 1. The summed E-state index contributed by atoms with van der Waals surface area (Å²) in [5, 5.41) is 3.50. The molecule has 1 aliphatic heterocycles. The van der Waals surface area contributed by atoms with Crippen LogP contribution in [0.25, 0.3) is 44.7 Å². The molecule has 5 aromatic rings. The van der Waals surface area contributed by atoms with Crippen LogP contribution >= 0.6 is 0 Å². The number of benzene rings is 2. The number of hydrogen-bond acceptors (Lipinski definition) is 5. The van der Waals surface area contributed by atoms with Crippen LogP contribution in [0.15, 0.2) is 53.2 Å². The average molecular weight is 479 g/mol. The Morgan fingerprint density at radius 2 is 1.50 bits per heavy atom. The van der Waals surface area contributed by atoms with Crippen molar-refractivity contribution in [3.8, 4) is 33.6 Å². The lowest BCUT2D eigenvalue weighted by molar-refractivity contribution is 0.562. The Balaban J connectivity index is 1.21. The van der Waals surface area contributed by atoms with E-state index in [1.807, 2.05) is 19.3 Å². The van der Waals surface area contributed by atoms with Crippen LogP contribution in [-0.2, 0) is 0 Å². The molecule has 3 N–H and O–H groups in total. The van der Waals surface area contributed by atoms with E-state index in [-0.39, 0.29) is 0 Å². The van der Waals surface area contributed by atoms with Gasteiger partial charge in [-0.1, -0.05) is 43.2 Å². The zero-order valence-corrected chi connectivity index (χ0v) is 20.5. The molecule has 36 heavy (non-hydrogen) atoms. The lowest BCUT2D eigenvalue weighted by Gasteiger charge is -2.08. The summed E-state index contributed by atoms with van der Waals surface area (Å²) in [6, 6.07) is 13.2. The van der Waals surface area contributed by atoms with Gasteiger partial charge < -0.3 is 19.7 Å². The van der Waals surface area contributed by atoms with Gasteiger partial charge in [-0.2, -0.15) is 0 Å². The van der Waals surface area contributed by atoms with Crippen LogP contribution in [0.1, 0.15) is 68.0 Å². The number of aryl methyl sites for hydroxylation is 1. The summed E-state index contributed by atoms with van der Waals surface area (Å²) in [7, 11) is 0. The first kappa shape index (κ1) is 21.6. The first-order chi connectivity index (χ1) is 17.7. The summed E-state index contributed by atoms with van der Waals surface area (Å²) in [4.78, 5) is 21.2. The van der Waals surface area contributed by atoms with Crippen LogP contribution < -0.4 is 5.32 Å². The molecule has 2 aliphatic rings. The van der Waals surface area contributed by atoms with E-state index in [0.29, 0.717) is 17.9 Å². The fourth-order valence-corrected chi connectivity index (χ4v) is 5.85. The van der Waals surface area contributed by atoms with Crippen LogP contribution in [0.5, 0.6) is 0 Å². The van der Waals surface area contributed by atoms with Gasteiger partial charge in [-0.15, -0.1) is 0 Å². The molecule has 7 rings (SSSR count). The highest BCUT2D eigenvalue weighted by Crippen LogP contribution is 2.38. The highest BCUT2D eigenvalue weighted by molar-refractivity contribution is 5.99. The molecule has 182 valence electrons. The minimum Gasteiger partial charge on any atom is -0.440 e. The molecule has 2 fully saturated rings. The number of nitrogens with zero attached hydrogens (tertiary/aromatic N) is 3. The predicted octanol–water partition coefficient (Wildman–Crippen LogP) is 6.67. The molecule has 1 saturated carbocycles. The molecule has 1 saturated heterocycles. The normalized spacial score (nSPS) is 18.5. The monoisotopic (exact) mass is 478 g/mol. The van der Waals surface area contributed by atoms with Crippen molar-refractivity contribution in [2.75, 3.05) is 6.54 Å². The molecule has 0 unspecified atom stereocenters. The van der Waals surface area contributed by atoms with E-state index in [9.17, 15) is 0 Å². The third-order valence-corrected chi connectivity index (χ3v) is 7.77. The molecule has 4 heterocycles. The number of rotatable bonds is 5. The quantitative estimate of drug-likeness (QED) is 0.262. The van der Waals surface area contributed by atoms with Crippen molar-refractivity contribution in [2.24, 2.45) is 0 Å². The van der Waals surface area contributed by atoms with E-state index in [1.165, 1.54) is 32.1 Å². The summed E-state index contributed by atoms with van der Waals surface area (Å²) in [6.07, 6.45) is 11.2. The maximum Gasteiger partial charge on any atom is 0.192 e. The molecular formula is C29H30N6O. The highest BCUT2D eigenvalue weighted by Gasteiger charge is 2.22. The molecule has 0 bridgehead atoms. The van der Waals surface area contributed by atoms with Crippen LogP contribution in [-0.4, -0.2) is 31.5 Å². The Bertz CT molecular complexity index is 1510. The Labute approximate surface area is 209 Å². The van der Waals surface area contributed by atoms with Crippen molar-refractivity contribution in [2.45, 2.75) is 57.4 Å². The molecule has 1 aliphatic carbocycles. The van der Waals surface area contributed by atoms with E-state index in [4.69, 9.17) is 14.4 Å². The number of aromatic nitrogens is 5. The van der Waals surface area contributed by atoms with Crippen molar-refractivity contribution in [3.05, 3.63) is 66.3 Å². The van der Waals surface area contributed by atoms with Crippen LogP contribution in [0.3, 0.4) is 0 Å². The molecule has 7 nitrogen and oxygen atoms in total. The van der Waals surface area contributed by atoms with E-state index < -0.39 is 0 Å². The van der Waals surface area contributed by atoms with Crippen LogP contribution in [0.2, 0.25) is 0 Å². The van der Waals surface area contributed by atoms with E-state index >= 15 is 0 Å². The van der Waals surface area contributed by atoms with Crippen molar-refractivity contribution < 1.29 is 4.42 Å². The summed E-state index contributed by atoms with van der Waals surface area (Å²) in [6.45, 7) is 2.97. The zero-order chi connectivity index (χ0) is 24.1. The van der Waals surface area contributed by atoms with Gasteiger partial charge in [0, 0.05) is 24.0 Å². The van der Waals surface area contributed by atoms with Gasteiger partial charge >= 0.3 is 0 Å². The molecule has 0 spiro atoms. The van der Waals surface area contributed by atoms with Gasteiger partial charge in [-0.25, -0.2) is 15.0 Å².